The predicted octanol–water partition coefficient (Wildman–Crippen LogP) is 5.76. The highest BCUT2D eigenvalue weighted by Gasteiger charge is 2.57. The van der Waals surface area contributed by atoms with Gasteiger partial charge in [-0.2, -0.15) is 0 Å². The first kappa shape index (κ1) is 17.6. The Bertz CT molecular complexity index is 554. The summed E-state index contributed by atoms with van der Waals surface area (Å²) < 4.78 is 5.73. The topological polar surface area (TPSA) is 26.3 Å². The average Bonchev–Trinajstić information content (AvgIpc) is 2.89. The first-order chi connectivity index (χ1) is 11.9. The van der Waals surface area contributed by atoms with E-state index >= 15 is 0 Å². The number of carbonyl (C=O) groups excluding carboxylic acids is 1. The molecule has 4 saturated carbocycles. The Kier molecular flexibility index (Phi) is 4.32. The Balaban J connectivity index is 1.50. The van der Waals surface area contributed by atoms with Gasteiger partial charge in [-0.25, -0.2) is 0 Å². The third-order valence-electron chi connectivity index (χ3n) is 8.97. The molecule has 0 aromatic rings. The minimum Gasteiger partial charge on any atom is -0.460 e. The molecule has 25 heavy (non-hydrogen) atoms. The third kappa shape index (κ3) is 2.79. The number of allylic oxidation sites excluding steroid dienone is 1. The molecule has 0 aromatic heterocycles. The molecule has 0 saturated heterocycles. The molecule has 0 radical (unpaired) electrons. The van der Waals surface area contributed by atoms with Gasteiger partial charge in [0.1, 0.15) is 5.60 Å². The Hall–Kier alpha value is -0.790. The van der Waals surface area contributed by atoms with Gasteiger partial charge in [0.2, 0.25) is 0 Å². The van der Waals surface area contributed by atoms with Crippen LogP contribution in [0.2, 0.25) is 0 Å². The van der Waals surface area contributed by atoms with Gasteiger partial charge in [0.25, 0.3) is 0 Å². The molecule has 0 N–H and O–H groups in total. The van der Waals surface area contributed by atoms with Crippen molar-refractivity contribution in [2.45, 2.75) is 84.2 Å². The summed E-state index contributed by atoms with van der Waals surface area (Å²) in [6.07, 6.45) is 14.1. The highest BCUT2D eigenvalue weighted by molar-refractivity contribution is 5.66. The van der Waals surface area contributed by atoms with E-state index in [1.54, 1.807) is 6.92 Å². The quantitative estimate of drug-likeness (QED) is 0.470. The highest BCUT2D eigenvalue weighted by Crippen LogP contribution is 2.64. The molecule has 0 aromatic carbocycles. The van der Waals surface area contributed by atoms with Crippen molar-refractivity contribution in [1.29, 1.82) is 0 Å². The summed E-state index contributed by atoms with van der Waals surface area (Å²) in [7, 11) is 0. The standard InChI is InChI=1S/C23H36O2/c1-5-17-7-9-21-20-8-6-16-14-22(3,25-15(2)24)12-10-18(16)19(20)11-13-23(17,21)4/h5,16-21H,1,6-14H2,2-4H3/t16-,17+,18+,19-,20-,21+,22-,23-/m1/s1. The van der Waals surface area contributed by atoms with Crippen LogP contribution in [0.25, 0.3) is 0 Å². The van der Waals surface area contributed by atoms with Crippen LogP contribution < -0.4 is 0 Å². The van der Waals surface area contributed by atoms with E-state index in [1.807, 2.05) is 0 Å². The van der Waals surface area contributed by atoms with Gasteiger partial charge in [0.15, 0.2) is 0 Å². The van der Waals surface area contributed by atoms with Crippen LogP contribution in [0.1, 0.15) is 78.6 Å². The molecule has 4 aliphatic rings. The van der Waals surface area contributed by atoms with Gasteiger partial charge in [-0.3, -0.25) is 4.79 Å². The van der Waals surface area contributed by atoms with Crippen molar-refractivity contribution in [3.63, 3.8) is 0 Å². The van der Waals surface area contributed by atoms with Gasteiger partial charge in [0, 0.05) is 6.92 Å². The number of fused-ring (bicyclic) bond motifs is 5. The summed E-state index contributed by atoms with van der Waals surface area (Å²) in [5.74, 6) is 5.11. The van der Waals surface area contributed by atoms with Crippen LogP contribution in [0.5, 0.6) is 0 Å². The molecule has 0 bridgehead atoms. The zero-order chi connectivity index (χ0) is 17.8. The van der Waals surface area contributed by atoms with E-state index in [0.29, 0.717) is 5.41 Å². The summed E-state index contributed by atoms with van der Waals surface area (Å²) in [5, 5.41) is 0. The van der Waals surface area contributed by atoms with E-state index < -0.39 is 0 Å². The van der Waals surface area contributed by atoms with Gasteiger partial charge in [0.05, 0.1) is 0 Å². The summed E-state index contributed by atoms with van der Waals surface area (Å²) in [6, 6.07) is 0. The number of hydrogen-bond acceptors (Lipinski definition) is 2. The monoisotopic (exact) mass is 344 g/mol. The molecule has 4 fully saturated rings. The first-order valence-corrected chi connectivity index (χ1v) is 10.7. The van der Waals surface area contributed by atoms with Gasteiger partial charge >= 0.3 is 5.97 Å². The predicted molar refractivity (Wildman–Crippen MR) is 101 cm³/mol. The SMILES string of the molecule is C=C[C@H]1CC[C@H]2[C@@H]3CC[C@@H]4C[C@](C)(OC(C)=O)CC[C@@H]4[C@H]3CC[C@]12C. The second kappa shape index (κ2) is 6.13. The van der Waals surface area contributed by atoms with E-state index in [0.717, 1.165) is 48.3 Å². The second-order valence-electron chi connectivity index (χ2n) is 10.2. The van der Waals surface area contributed by atoms with Crippen molar-refractivity contribution in [3.05, 3.63) is 12.7 Å². The van der Waals surface area contributed by atoms with E-state index in [-0.39, 0.29) is 11.6 Å². The van der Waals surface area contributed by atoms with E-state index in [9.17, 15) is 4.79 Å². The van der Waals surface area contributed by atoms with Gasteiger partial charge in [-0.1, -0.05) is 13.0 Å². The molecular formula is C23H36O2. The smallest absolute Gasteiger partial charge is 0.303 e. The fourth-order valence-corrected chi connectivity index (χ4v) is 7.93. The molecule has 2 nitrogen and oxygen atoms in total. The fourth-order valence-electron chi connectivity index (χ4n) is 7.93. The molecule has 0 spiro atoms. The second-order valence-corrected chi connectivity index (χ2v) is 10.2. The van der Waals surface area contributed by atoms with E-state index in [4.69, 9.17) is 4.74 Å². The van der Waals surface area contributed by atoms with Crippen LogP contribution in [-0.4, -0.2) is 11.6 Å². The Morgan fingerprint density at radius 3 is 2.48 bits per heavy atom. The zero-order valence-corrected chi connectivity index (χ0v) is 16.4. The number of rotatable bonds is 2. The molecule has 0 aliphatic heterocycles. The lowest BCUT2D eigenvalue weighted by molar-refractivity contribution is -0.166. The molecule has 2 heteroatoms. The molecule has 140 valence electrons. The van der Waals surface area contributed by atoms with E-state index in [1.165, 1.54) is 44.9 Å². The third-order valence-corrected chi connectivity index (χ3v) is 8.97. The molecule has 4 aliphatic carbocycles. The highest BCUT2D eigenvalue weighted by atomic mass is 16.6. The van der Waals surface area contributed by atoms with E-state index in [2.05, 4.69) is 26.5 Å². The van der Waals surface area contributed by atoms with Crippen molar-refractivity contribution in [3.8, 4) is 0 Å². The molecular weight excluding hydrogens is 308 g/mol. The van der Waals surface area contributed by atoms with Gasteiger partial charge in [-0.05, 0) is 106 Å². The number of carbonyl (C=O) groups is 1. The maximum Gasteiger partial charge on any atom is 0.303 e. The maximum absolute atomic E-state index is 11.5. The summed E-state index contributed by atoms with van der Waals surface area (Å²) in [6.45, 7) is 10.4. The van der Waals surface area contributed by atoms with Crippen LogP contribution in [-0.2, 0) is 9.53 Å². The van der Waals surface area contributed by atoms with Crippen LogP contribution >= 0.6 is 0 Å². The van der Waals surface area contributed by atoms with Crippen molar-refractivity contribution < 1.29 is 9.53 Å². The summed E-state index contributed by atoms with van der Waals surface area (Å²) in [4.78, 5) is 11.5. The summed E-state index contributed by atoms with van der Waals surface area (Å²) >= 11 is 0. The molecule has 0 amide bonds. The van der Waals surface area contributed by atoms with Gasteiger partial charge < -0.3 is 4.74 Å². The first-order valence-electron chi connectivity index (χ1n) is 10.7. The number of esters is 1. The lowest BCUT2D eigenvalue weighted by Gasteiger charge is -2.57. The molecule has 0 heterocycles. The normalized spacial score (nSPS) is 51.8. The number of ether oxygens (including phenoxy) is 1. The minimum atomic E-state index is -0.204. The van der Waals surface area contributed by atoms with Crippen LogP contribution in [0.15, 0.2) is 12.7 Å². The molecule has 4 rings (SSSR count). The van der Waals surface area contributed by atoms with Crippen molar-refractivity contribution in [2.24, 2.45) is 40.9 Å². The largest absolute Gasteiger partial charge is 0.460 e. The lowest BCUT2D eigenvalue weighted by Crippen LogP contribution is -2.51. The Morgan fingerprint density at radius 1 is 1.00 bits per heavy atom. The van der Waals surface area contributed by atoms with Gasteiger partial charge in [-0.15, -0.1) is 6.58 Å². The summed E-state index contributed by atoms with van der Waals surface area (Å²) in [5.41, 5.74) is 0.320. The fraction of sp³-hybridized carbons (Fsp3) is 0.870. The molecule has 8 atom stereocenters. The minimum absolute atomic E-state index is 0.107. The number of hydrogen-bond donors (Lipinski definition) is 0. The van der Waals surface area contributed by atoms with Crippen LogP contribution in [0.4, 0.5) is 0 Å². The maximum atomic E-state index is 11.5. The Labute approximate surface area is 153 Å². The van der Waals surface area contributed by atoms with Crippen LogP contribution in [0.3, 0.4) is 0 Å². The lowest BCUT2D eigenvalue weighted by atomic mass is 9.49. The van der Waals surface area contributed by atoms with Crippen molar-refractivity contribution in [1.82, 2.24) is 0 Å². The van der Waals surface area contributed by atoms with Crippen molar-refractivity contribution in [2.75, 3.05) is 0 Å². The molecule has 0 unspecified atom stereocenters. The Morgan fingerprint density at radius 2 is 1.76 bits per heavy atom. The van der Waals surface area contributed by atoms with Crippen LogP contribution in [0, 0.1) is 40.9 Å². The van der Waals surface area contributed by atoms with Crippen molar-refractivity contribution >= 4 is 5.97 Å². The zero-order valence-electron chi connectivity index (χ0n) is 16.4. The average molecular weight is 345 g/mol.